The molecule has 3 nitrogen and oxygen atoms in total. The summed E-state index contributed by atoms with van der Waals surface area (Å²) in [5, 5.41) is 2.20. The molecule has 0 saturated carbocycles. The Morgan fingerprint density at radius 2 is 1.86 bits per heavy atom. The van der Waals surface area contributed by atoms with Crippen molar-refractivity contribution in [3.8, 4) is 5.75 Å². The van der Waals surface area contributed by atoms with Gasteiger partial charge in [-0.2, -0.15) is 0 Å². The highest BCUT2D eigenvalue weighted by Gasteiger charge is 2.20. The average Bonchev–Trinajstić information content (AvgIpc) is 2.47. The first-order valence-electron chi connectivity index (χ1n) is 7.16. The molecule has 0 bridgehead atoms. The molecule has 0 heterocycles. The van der Waals surface area contributed by atoms with Crippen LogP contribution in [0.5, 0.6) is 5.75 Å². The zero-order valence-corrected chi connectivity index (χ0v) is 13.9. The van der Waals surface area contributed by atoms with Gasteiger partial charge in [-0.15, -0.1) is 0 Å². The molecule has 4 heteroatoms. The highest BCUT2D eigenvalue weighted by molar-refractivity contribution is 9.10. The van der Waals surface area contributed by atoms with E-state index in [1.807, 2.05) is 43.3 Å². The largest absolute Gasteiger partial charge is 0.479 e. The van der Waals surface area contributed by atoms with E-state index < -0.39 is 6.10 Å². The van der Waals surface area contributed by atoms with Crippen LogP contribution >= 0.6 is 15.9 Å². The number of esters is 1. The van der Waals surface area contributed by atoms with Gasteiger partial charge in [-0.3, -0.25) is 0 Å². The average molecular weight is 351 g/mol. The van der Waals surface area contributed by atoms with Crippen molar-refractivity contribution in [3.63, 3.8) is 0 Å². The number of carbonyl (C=O) groups is 1. The number of ether oxygens (including phenoxy) is 2. The number of fused-ring (bicyclic) bond motifs is 1. The van der Waals surface area contributed by atoms with Crippen LogP contribution in [-0.2, 0) is 9.53 Å². The van der Waals surface area contributed by atoms with Crippen LogP contribution in [0, 0.1) is 0 Å². The van der Waals surface area contributed by atoms with E-state index in [1.165, 1.54) is 0 Å². The number of hydrogen-bond donors (Lipinski definition) is 0. The van der Waals surface area contributed by atoms with Gasteiger partial charge in [0.05, 0.1) is 6.61 Å². The number of benzene rings is 2. The fraction of sp³-hybridized carbons (Fsp3) is 0.353. The monoisotopic (exact) mass is 350 g/mol. The van der Waals surface area contributed by atoms with Crippen LogP contribution in [0.3, 0.4) is 0 Å². The number of hydrogen-bond acceptors (Lipinski definition) is 3. The molecule has 0 saturated heterocycles. The molecule has 0 aliphatic rings. The zero-order valence-electron chi connectivity index (χ0n) is 12.3. The van der Waals surface area contributed by atoms with Gasteiger partial charge in [-0.1, -0.05) is 41.4 Å². The first kappa shape index (κ1) is 15.8. The maximum absolute atomic E-state index is 11.9. The number of carbonyl (C=O) groups excluding carboxylic acids is 1. The molecule has 0 fully saturated rings. The van der Waals surface area contributed by atoms with E-state index in [9.17, 15) is 4.79 Å². The van der Waals surface area contributed by atoms with Crippen LogP contribution in [0.2, 0.25) is 0 Å². The van der Waals surface area contributed by atoms with Crippen LogP contribution in [0.25, 0.3) is 10.8 Å². The van der Waals surface area contributed by atoms with Gasteiger partial charge in [0.1, 0.15) is 5.75 Å². The van der Waals surface area contributed by atoms with Crippen LogP contribution in [0.4, 0.5) is 0 Å². The van der Waals surface area contributed by atoms with Crippen molar-refractivity contribution in [1.82, 2.24) is 0 Å². The topological polar surface area (TPSA) is 35.5 Å². The van der Waals surface area contributed by atoms with Crippen LogP contribution in [0.1, 0.15) is 26.7 Å². The number of halogens is 1. The third kappa shape index (κ3) is 4.21. The normalized spacial score (nSPS) is 12.1. The van der Waals surface area contributed by atoms with Crippen molar-refractivity contribution in [1.29, 1.82) is 0 Å². The Morgan fingerprint density at radius 3 is 2.57 bits per heavy atom. The lowest BCUT2D eigenvalue weighted by molar-refractivity contribution is -0.151. The second-order valence-electron chi connectivity index (χ2n) is 4.80. The second kappa shape index (κ2) is 7.46. The van der Waals surface area contributed by atoms with E-state index >= 15 is 0 Å². The van der Waals surface area contributed by atoms with Crippen LogP contribution < -0.4 is 4.74 Å². The predicted molar refractivity (Wildman–Crippen MR) is 87.6 cm³/mol. The van der Waals surface area contributed by atoms with Gasteiger partial charge in [-0.25, -0.2) is 4.79 Å². The molecule has 2 rings (SSSR count). The third-order valence-electron chi connectivity index (χ3n) is 3.15. The SMILES string of the molecule is CCCC(Oc1ccc2cc(Br)ccc2c1)C(=O)OCC. The van der Waals surface area contributed by atoms with Crippen molar-refractivity contribution in [2.75, 3.05) is 6.61 Å². The van der Waals surface area contributed by atoms with E-state index in [2.05, 4.69) is 15.9 Å². The molecule has 1 unspecified atom stereocenters. The molecule has 112 valence electrons. The van der Waals surface area contributed by atoms with Gasteiger partial charge in [0.25, 0.3) is 0 Å². The molecular weight excluding hydrogens is 332 g/mol. The first-order chi connectivity index (χ1) is 10.1. The standard InChI is InChI=1S/C17H19BrO3/c1-3-5-16(17(19)20-4-2)21-15-9-7-12-10-14(18)8-6-13(12)11-15/h6-11,16H,3-5H2,1-2H3. The zero-order chi connectivity index (χ0) is 15.2. The molecule has 0 aliphatic heterocycles. The third-order valence-corrected chi connectivity index (χ3v) is 3.65. The summed E-state index contributed by atoms with van der Waals surface area (Å²) in [7, 11) is 0. The molecule has 0 N–H and O–H groups in total. The maximum atomic E-state index is 11.9. The summed E-state index contributed by atoms with van der Waals surface area (Å²) in [6.45, 7) is 4.19. The maximum Gasteiger partial charge on any atom is 0.347 e. The molecule has 21 heavy (non-hydrogen) atoms. The summed E-state index contributed by atoms with van der Waals surface area (Å²) in [5.74, 6) is 0.395. The molecule has 2 aromatic rings. The summed E-state index contributed by atoms with van der Waals surface area (Å²) in [6.07, 6.45) is 0.976. The molecule has 0 spiro atoms. The van der Waals surface area contributed by atoms with E-state index in [4.69, 9.17) is 9.47 Å². The fourth-order valence-corrected chi connectivity index (χ4v) is 2.53. The predicted octanol–water partition coefficient (Wildman–Crippen LogP) is 4.71. The summed E-state index contributed by atoms with van der Waals surface area (Å²) in [6, 6.07) is 11.9. The highest BCUT2D eigenvalue weighted by Crippen LogP contribution is 2.25. The van der Waals surface area contributed by atoms with Gasteiger partial charge in [0.15, 0.2) is 6.10 Å². The Morgan fingerprint density at radius 1 is 1.14 bits per heavy atom. The Hall–Kier alpha value is -1.55. The van der Waals surface area contributed by atoms with E-state index in [0.29, 0.717) is 18.8 Å². The lowest BCUT2D eigenvalue weighted by atomic mass is 10.1. The molecule has 0 aromatic heterocycles. The molecule has 1 atom stereocenters. The summed E-state index contributed by atoms with van der Waals surface area (Å²) in [5.41, 5.74) is 0. The van der Waals surface area contributed by atoms with E-state index in [1.54, 1.807) is 6.92 Å². The van der Waals surface area contributed by atoms with Gasteiger partial charge in [0, 0.05) is 4.47 Å². The van der Waals surface area contributed by atoms with E-state index in [0.717, 1.165) is 21.7 Å². The van der Waals surface area contributed by atoms with Crippen molar-refractivity contribution >= 4 is 32.7 Å². The Kier molecular flexibility index (Phi) is 5.62. The Labute approximate surface area is 133 Å². The minimum atomic E-state index is -0.539. The summed E-state index contributed by atoms with van der Waals surface area (Å²) >= 11 is 3.46. The smallest absolute Gasteiger partial charge is 0.347 e. The van der Waals surface area contributed by atoms with Crippen molar-refractivity contribution < 1.29 is 14.3 Å². The molecule has 0 radical (unpaired) electrons. The van der Waals surface area contributed by atoms with Crippen molar-refractivity contribution in [2.45, 2.75) is 32.8 Å². The van der Waals surface area contributed by atoms with Crippen LogP contribution in [-0.4, -0.2) is 18.7 Å². The first-order valence-corrected chi connectivity index (χ1v) is 7.96. The minimum absolute atomic E-state index is 0.296. The molecule has 0 aliphatic carbocycles. The highest BCUT2D eigenvalue weighted by atomic mass is 79.9. The quantitative estimate of drug-likeness (QED) is 0.707. The van der Waals surface area contributed by atoms with Gasteiger partial charge >= 0.3 is 5.97 Å². The Bertz CT molecular complexity index is 624. The lowest BCUT2D eigenvalue weighted by Crippen LogP contribution is -2.29. The minimum Gasteiger partial charge on any atom is -0.479 e. The lowest BCUT2D eigenvalue weighted by Gasteiger charge is -2.17. The summed E-state index contributed by atoms with van der Waals surface area (Å²) in [4.78, 5) is 11.9. The molecule has 2 aromatic carbocycles. The summed E-state index contributed by atoms with van der Waals surface area (Å²) < 4.78 is 11.9. The van der Waals surface area contributed by atoms with Gasteiger partial charge in [0.2, 0.25) is 0 Å². The van der Waals surface area contributed by atoms with Crippen LogP contribution in [0.15, 0.2) is 40.9 Å². The fourth-order valence-electron chi connectivity index (χ4n) is 2.15. The number of rotatable bonds is 6. The molecular formula is C17H19BrO3. The molecule has 0 amide bonds. The van der Waals surface area contributed by atoms with E-state index in [-0.39, 0.29) is 5.97 Å². The van der Waals surface area contributed by atoms with Gasteiger partial charge < -0.3 is 9.47 Å². The Balaban J connectivity index is 2.20. The van der Waals surface area contributed by atoms with Crippen molar-refractivity contribution in [3.05, 3.63) is 40.9 Å². The van der Waals surface area contributed by atoms with Gasteiger partial charge in [-0.05, 0) is 48.4 Å². The second-order valence-corrected chi connectivity index (χ2v) is 5.72. The van der Waals surface area contributed by atoms with Crippen molar-refractivity contribution in [2.24, 2.45) is 0 Å².